The van der Waals surface area contributed by atoms with Gasteiger partial charge in [-0.3, -0.25) is 0 Å². The first-order valence-corrected chi connectivity index (χ1v) is 5.78. The van der Waals surface area contributed by atoms with Crippen molar-refractivity contribution >= 4 is 0 Å². The third kappa shape index (κ3) is 3.48. The molecule has 0 aliphatic rings. The van der Waals surface area contributed by atoms with Crippen LogP contribution in [0.3, 0.4) is 0 Å². The number of hydrogen-bond acceptors (Lipinski definition) is 2. The molecule has 2 nitrogen and oxygen atoms in total. The van der Waals surface area contributed by atoms with Gasteiger partial charge in [0.15, 0.2) is 11.6 Å². The fourth-order valence-electron chi connectivity index (χ4n) is 1.72. The van der Waals surface area contributed by atoms with E-state index in [9.17, 15) is 13.9 Å². The van der Waals surface area contributed by atoms with E-state index in [4.69, 9.17) is 0 Å². The second kappa shape index (κ2) is 6.07. The number of hydrogen-bond donors (Lipinski definition) is 2. The molecule has 0 saturated carbocycles. The summed E-state index contributed by atoms with van der Waals surface area (Å²) in [6, 6.07) is 3.65. The van der Waals surface area contributed by atoms with E-state index >= 15 is 0 Å². The van der Waals surface area contributed by atoms with E-state index in [1.54, 1.807) is 13.0 Å². The molecule has 2 N–H and O–H groups in total. The fraction of sp³-hybridized carbons (Fsp3) is 0.538. The van der Waals surface area contributed by atoms with Crippen molar-refractivity contribution in [2.75, 3.05) is 6.61 Å². The molecule has 1 aromatic carbocycles. The summed E-state index contributed by atoms with van der Waals surface area (Å²) in [6.07, 6.45) is 0. The second-order valence-electron chi connectivity index (χ2n) is 4.56. The number of halogens is 2. The van der Waals surface area contributed by atoms with Crippen molar-refractivity contribution in [2.24, 2.45) is 5.92 Å². The molecule has 2 atom stereocenters. The Labute approximate surface area is 101 Å². The minimum absolute atomic E-state index is 0.0288. The van der Waals surface area contributed by atoms with E-state index in [-0.39, 0.29) is 30.2 Å². The molecule has 0 heterocycles. The standard InChI is InChI=1S/C13H19F2NO/c1-8(2)12(7-17)16-9(3)10-5-4-6-11(14)13(10)15/h4-6,8-9,12,16-17H,7H2,1-3H3. The predicted molar refractivity (Wildman–Crippen MR) is 63.6 cm³/mol. The molecule has 0 spiro atoms. The lowest BCUT2D eigenvalue weighted by Crippen LogP contribution is -2.38. The summed E-state index contributed by atoms with van der Waals surface area (Å²) in [6.45, 7) is 5.65. The molecule has 0 bridgehead atoms. The zero-order valence-corrected chi connectivity index (χ0v) is 10.4. The molecule has 0 amide bonds. The van der Waals surface area contributed by atoms with Crippen molar-refractivity contribution in [1.82, 2.24) is 5.32 Å². The van der Waals surface area contributed by atoms with Gasteiger partial charge in [-0.1, -0.05) is 26.0 Å². The van der Waals surface area contributed by atoms with E-state index in [1.807, 2.05) is 13.8 Å². The van der Waals surface area contributed by atoms with Gasteiger partial charge in [0.25, 0.3) is 0 Å². The van der Waals surface area contributed by atoms with Crippen LogP contribution in [0.4, 0.5) is 8.78 Å². The summed E-state index contributed by atoms with van der Waals surface area (Å²) in [5, 5.41) is 12.3. The van der Waals surface area contributed by atoms with Crippen molar-refractivity contribution in [3.8, 4) is 0 Å². The van der Waals surface area contributed by atoms with Crippen LogP contribution in [0.1, 0.15) is 32.4 Å². The normalized spacial score (nSPS) is 15.0. The highest BCUT2D eigenvalue weighted by Gasteiger charge is 2.19. The highest BCUT2D eigenvalue weighted by molar-refractivity contribution is 5.22. The Morgan fingerprint density at radius 1 is 1.24 bits per heavy atom. The van der Waals surface area contributed by atoms with E-state index in [0.29, 0.717) is 0 Å². The summed E-state index contributed by atoms with van der Waals surface area (Å²) < 4.78 is 26.6. The Morgan fingerprint density at radius 2 is 1.88 bits per heavy atom. The zero-order valence-electron chi connectivity index (χ0n) is 10.4. The van der Waals surface area contributed by atoms with Crippen molar-refractivity contribution in [3.63, 3.8) is 0 Å². The van der Waals surface area contributed by atoms with E-state index in [1.165, 1.54) is 6.07 Å². The highest BCUT2D eigenvalue weighted by atomic mass is 19.2. The number of aliphatic hydroxyl groups is 1. The second-order valence-corrected chi connectivity index (χ2v) is 4.56. The Morgan fingerprint density at radius 3 is 2.41 bits per heavy atom. The minimum Gasteiger partial charge on any atom is -0.395 e. The van der Waals surface area contributed by atoms with Crippen LogP contribution < -0.4 is 5.32 Å². The van der Waals surface area contributed by atoms with E-state index in [2.05, 4.69) is 5.32 Å². The number of benzene rings is 1. The molecule has 0 fully saturated rings. The van der Waals surface area contributed by atoms with Gasteiger partial charge in [0.2, 0.25) is 0 Å². The van der Waals surface area contributed by atoms with Gasteiger partial charge in [0, 0.05) is 17.6 Å². The Bertz CT molecular complexity index is 368. The zero-order chi connectivity index (χ0) is 13.0. The first-order valence-electron chi connectivity index (χ1n) is 5.78. The van der Waals surface area contributed by atoms with E-state index < -0.39 is 11.6 Å². The molecule has 0 aliphatic carbocycles. The third-order valence-corrected chi connectivity index (χ3v) is 2.91. The Kier molecular flexibility index (Phi) is 5.02. The third-order valence-electron chi connectivity index (χ3n) is 2.91. The van der Waals surface area contributed by atoms with E-state index in [0.717, 1.165) is 6.07 Å². The predicted octanol–water partition coefficient (Wildman–Crippen LogP) is 2.63. The molecule has 0 saturated heterocycles. The molecule has 1 rings (SSSR count). The molecule has 0 aliphatic heterocycles. The van der Waals surface area contributed by atoms with Crippen LogP contribution in [0.2, 0.25) is 0 Å². The van der Waals surface area contributed by atoms with Crippen molar-refractivity contribution in [3.05, 3.63) is 35.4 Å². The Hall–Kier alpha value is -1.00. The average Bonchev–Trinajstić information content (AvgIpc) is 2.28. The molecule has 1 aromatic rings. The smallest absolute Gasteiger partial charge is 0.163 e. The summed E-state index contributed by atoms with van der Waals surface area (Å²) in [5.74, 6) is -1.45. The first kappa shape index (κ1) is 14.1. The van der Waals surface area contributed by atoms with Gasteiger partial charge in [-0.05, 0) is 18.9 Å². The summed E-state index contributed by atoms with van der Waals surface area (Å²) in [5.41, 5.74) is 0.282. The van der Waals surface area contributed by atoms with Crippen LogP contribution in [0, 0.1) is 17.6 Å². The first-order chi connectivity index (χ1) is 7.97. The summed E-state index contributed by atoms with van der Waals surface area (Å²) >= 11 is 0. The molecule has 0 radical (unpaired) electrons. The maximum Gasteiger partial charge on any atom is 0.163 e. The van der Waals surface area contributed by atoms with Crippen LogP contribution in [0.25, 0.3) is 0 Å². The van der Waals surface area contributed by atoms with Gasteiger partial charge in [-0.2, -0.15) is 0 Å². The Balaban J connectivity index is 2.82. The minimum atomic E-state index is -0.846. The molecule has 0 aromatic heterocycles. The topological polar surface area (TPSA) is 32.3 Å². The van der Waals surface area contributed by atoms with Crippen LogP contribution in [-0.2, 0) is 0 Å². The van der Waals surface area contributed by atoms with Gasteiger partial charge < -0.3 is 10.4 Å². The molecule has 4 heteroatoms. The number of nitrogens with one attached hydrogen (secondary N) is 1. The van der Waals surface area contributed by atoms with Gasteiger partial charge in [0.1, 0.15) is 0 Å². The monoisotopic (exact) mass is 243 g/mol. The van der Waals surface area contributed by atoms with Crippen LogP contribution >= 0.6 is 0 Å². The molecule has 96 valence electrons. The maximum absolute atomic E-state index is 13.5. The molecule has 17 heavy (non-hydrogen) atoms. The van der Waals surface area contributed by atoms with Crippen molar-refractivity contribution in [1.29, 1.82) is 0 Å². The summed E-state index contributed by atoms with van der Waals surface area (Å²) in [7, 11) is 0. The van der Waals surface area contributed by atoms with Gasteiger partial charge in [0.05, 0.1) is 6.61 Å². The average molecular weight is 243 g/mol. The van der Waals surface area contributed by atoms with Crippen molar-refractivity contribution in [2.45, 2.75) is 32.9 Å². The number of rotatable bonds is 5. The lowest BCUT2D eigenvalue weighted by molar-refractivity contribution is 0.200. The van der Waals surface area contributed by atoms with Crippen molar-refractivity contribution < 1.29 is 13.9 Å². The summed E-state index contributed by atoms with van der Waals surface area (Å²) in [4.78, 5) is 0. The molecule has 2 unspecified atom stereocenters. The quantitative estimate of drug-likeness (QED) is 0.833. The lowest BCUT2D eigenvalue weighted by atomic mass is 10.0. The number of aliphatic hydroxyl groups excluding tert-OH is 1. The fourth-order valence-corrected chi connectivity index (χ4v) is 1.72. The van der Waals surface area contributed by atoms with Gasteiger partial charge in [-0.15, -0.1) is 0 Å². The largest absolute Gasteiger partial charge is 0.395 e. The highest BCUT2D eigenvalue weighted by Crippen LogP contribution is 2.20. The molecular weight excluding hydrogens is 224 g/mol. The van der Waals surface area contributed by atoms with Crippen LogP contribution in [-0.4, -0.2) is 17.8 Å². The maximum atomic E-state index is 13.5. The van der Waals surface area contributed by atoms with Crippen LogP contribution in [0.15, 0.2) is 18.2 Å². The molecular formula is C13H19F2NO. The van der Waals surface area contributed by atoms with Gasteiger partial charge >= 0.3 is 0 Å². The lowest BCUT2D eigenvalue weighted by Gasteiger charge is -2.25. The van der Waals surface area contributed by atoms with Gasteiger partial charge in [-0.25, -0.2) is 8.78 Å². The SMILES string of the molecule is CC(NC(CO)C(C)C)c1cccc(F)c1F. The van der Waals surface area contributed by atoms with Crippen LogP contribution in [0.5, 0.6) is 0 Å².